The van der Waals surface area contributed by atoms with Crippen LogP contribution in [0.4, 0.5) is 5.82 Å². The Morgan fingerprint density at radius 1 is 1.17 bits per heavy atom. The number of rotatable bonds is 8. The number of carbonyl (C=O) groups is 1. The molecular weight excluding hydrogens is 302 g/mol. The molecule has 0 spiro atoms. The van der Waals surface area contributed by atoms with E-state index in [9.17, 15) is 4.79 Å². The number of hydrogen-bond donors (Lipinski definition) is 1. The number of amides is 1. The van der Waals surface area contributed by atoms with Crippen molar-refractivity contribution in [1.82, 2.24) is 20.1 Å². The zero-order valence-corrected chi connectivity index (χ0v) is 14.6. The first kappa shape index (κ1) is 17.8. The minimum absolute atomic E-state index is 0.120. The average Bonchev–Trinajstić information content (AvgIpc) is 2.60. The molecular formula is C18H25N5O. The lowest BCUT2D eigenvalue weighted by Gasteiger charge is -2.16. The highest BCUT2D eigenvalue weighted by Gasteiger charge is 2.13. The summed E-state index contributed by atoms with van der Waals surface area (Å²) >= 11 is 0. The molecule has 2 aromatic heterocycles. The van der Waals surface area contributed by atoms with E-state index in [0.717, 1.165) is 24.9 Å². The van der Waals surface area contributed by atoms with Crippen molar-refractivity contribution < 1.29 is 4.79 Å². The molecule has 1 N–H and O–H groups in total. The quantitative estimate of drug-likeness (QED) is 0.807. The minimum atomic E-state index is -0.120. The molecule has 2 aromatic rings. The topological polar surface area (TPSA) is 71.0 Å². The molecule has 0 bridgehead atoms. The van der Waals surface area contributed by atoms with Gasteiger partial charge in [-0.3, -0.25) is 9.78 Å². The van der Waals surface area contributed by atoms with Crippen molar-refractivity contribution in [2.45, 2.75) is 26.7 Å². The van der Waals surface area contributed by atoms with E-state index in [1.165, 1.54) is 0 Å². The van der Waals surface area contributed by atoms with Crippen LogP contribution in [0.2, 0.25) is 0 Å². The number of anilines is 1. The van der Waals surface area contributed by atoms with Crippen molar-refractivity contribution in [2.75, 3.05) is 25.5 Å². The van der Waals surface area contributed by atoms with E-state index in [-0.39, 0.29) is 5.91 Å². The van der Waals surface area contributed by atoms with Gasteiger partial charge in [0.05, 0.1) is 0 Å². The monoisotopic (exact) mass is 327 g/mol. The molecule has 0 radical (unpaired) electrons. The molecule has 6 nitrogen and oxygen atoms in total. The SMILES string of the molecule is CC(C)CCNc1ccc(C(=O)N(C)CCc2ccncc2)nn1. The highest BCUT2D eigenvalue weighted by molar-refractivity contribution is 5.92. The summed E-state index contributed by atoms with van der Waals surface area (Å²) in [7, 11) is 1.78. The Balaban J connectivity index is 1.84. The summed E-state index contributed by atoms with van der Waals surface area (Å²) in [5.41, 5.74) is 1.52. The predicted molar refractivity (Wildman–Crippen MR) is 94.9 cm³/mol. The summed E-state index contributed by atoms with van der Waals surface area (Å²) in [5.74, 6) is 1.22. The Morgan fingerprint density at radius 3 is 2.54 bits per heavy atom. The molecule has 0 unspecified atom stereocenters. The van der Waals surface area contributed by atoms with Crippen LogP contribution in [0, 0.1) is 5.92 Å². The summed E-state index contributed by atoms with van der Waals surface area (Å²) in [5, 5.41) is 11.3. The van der Waals surface area contributed by atoms with Gasteiger partial charge in [0.25, 0.3) is 5.91 Å². The molecule has 0 fully saturated rings. The molecule has 0 aromatic carbocycles. The molecule has 24 heavy (non-hydrogen) atoms. The van der Waals surface area contributed by atoms with Gasteiger partial charge in [-0.15, -0.1) is 10.2 Å². The molecule has 1 amide bonds. The van der Waals surface area contributed by atoms with Gasteiger partial charge in [0.2, 0.25) is 0 Å². The standard InChI is InChI=1S/C18H25N5O/c1-14(2)6-12-20-17-5-4-16(21-22-17)18(24)23(3)13-9-15-7-10-19-11-8-15/h4-5,7-8,10-11,14H,6,9,12-13H2,1-3H3,(H,20,22). The van der Waals surface area contributed by atoms with Gasteiger partial charge in [-0.25, -0.2) is 0 Å². The molecule has 0 aliphatic carbocycles. The van der Waals surface area contributed by atoms with Crippen LogP contribution < -0.4 is 5.32 Å². The Bertz CT molecular complexity index is 628. The number of aromatic nitrogens is 3. The number of nitrogens with zero attached hydrogens (tertiary/aromatic N) is 4. The van der Waals surface area contributed by atoms with Crippen LogP contribution in [0.25, 0.3) is 0 Å². The highest BCUT2D eigenvalue weighted by Crippen LogP contribution is 2.07. The molecule has 0 aliphatic rings. The first-order valence-corrected chi connectivity index (χ1v) is 8.28. The molecule has 6 heteroatoms. The first-order chi connectivity index (χ1) is 11.6. The molecule has 2 heterocycles. The van der Waals surface area contributed by atoms with Crippen LogP contribution in [0.1, 0.15) is 36.3 Å². The van der Waals surface area contributed by atoms with Gasteiger partial charge in [0.15, 0.2) is 5.69 Å². The fourth-order valence-corrected chi connectivity index (χ4v) is 2.17. The van der Waals surface area contributed by atoms with E-state index in [2.05, 4.69) is 34.3 Å². The summed E-state index contributed by atoms with van der Waals surface area (Å²) < 4.78 is 0. The van der Waals surface area contributed by atoms with Gasteiger partial charge in [-0.2, -0.15) is 0 Å². The summed E-state index contributed by atoms with van der Waals surface area (Å²) in [6.45, 7) is 5.83. The van der Waals surface area contributed by atoms with E-state index in [1.807, 2.05) is 12.1 Å². The molecule has 2 rings (SSSR count). The zero-order valence-electron chi connectivity index (χ0n) is 14.6. The van der Waals surface area contributed by atoms with Crippen LogP contribution in [-0.4, -0.2) is 46.1 Å². The number of pyridine rings is 1. The maximum atomic E-state index is 12.4. The third kappa shape index (κ3) is 5.61. The van der Waals surface area contributed by atoms with Gasteiger partial charge in [0.1, 0.15) is 5.82 Å². The number of carbonyl (C=O) groups excluding carboxylic acids is 1. The lowest BCUT2D eigenvalue weighted by molar-refractivity contribution is 0.0789. The number of hydrogen-bond acceptors (Lipinski definition) is 5. The smallest absolute Gasteiger partial charge is 0.274 e. The second kappa shape index (κ2) is 8.96. The van der Waals surface area contributed by atoms with E-state index in [4.69, 9.17) is 0 Å². The van der Waals surface area contributed by atoms with Gasteiger partial charge in [0, 0.05) is 32.5 Å². The molecule has 0 saturated carbocycles. The van der Waals surface area contributed by atoms with Gasteiger partial charge in [-0.05, 0) is 48.6 Å². The first-order valence-electron chi connectivity index (χ1n) is 8.28. The Kier molecular flexibility index (Phi) is 6.66. The van der Waals surface area contributed by atoms with Crippen molar-refractivity contribution in [3.8, 4) is 0 Å². The van der Waals surface area contributed by atoms with E-state index in [1.54, 1.807) is 36.5 Å². The second-order valence-electron chi connectivity index (χ2n) is 6.25. The maximum absolute atomic E-state index is 12.4. The van der Waals surface area contributed by atoms with Gasteiger partial charge < -0.3 is 10.2 Å². The lowest BCUT2D eigenvalue weighted by Crippen LogP contribution is -2.29. The molecule has 0 saturated heterocycles. The maximum Gasteiger partial charge on any atom is 0.274 e. The van der Waals surface area contributed by atoms with Crippen LogP contribution in [0.5, 0.6) is 0 Å². The van der Waals surface area contributed by atoms with Crippen molar-refractivity contribution in [2.24, 2.45) is 5.92 Å². The second-order valence-corrected chi connectivity index (χ2v) is 6.25. The van der Waals surface area contributed by atoms with Crippen molar-refractivity contribution >= 4 is 11.7 Å². The highest BCUT2D eigenvalue weighted by atomic mass is 16.2. The summed E-state index contributed by atoms with van der Waals surface area (Å²) in [4.78, 5) is 18.0. The van der Waals surface area contributed by atoms with Gasteiger partial charge >= 0.3 is 0 Å². The average molecular weight is 327 g/mol. The number of nitrogens with one attached hydrogen (secondary N) is 1. The van der Waals surface area contributed by atoms with E-state index < -0.39 is 0 Å². The van der Waals surface area contributed by atoms with E-state index in [0.29, 0.717) is 24.0 Å². The fraction of sp³-hybridized carbons (Fsp3) is 0.444. The van der Waals surface area contributed by atoms with Crippen LogP contribution in [0.15, 0.2) is 36.7 Å². The lowest BCUT2D eigenvalue weighted by atomic mass is 10.1. The van der Waals surface area contributed by atoms with Crippen molar-refractivity contribution in [1.29, 1.82) is 0 Å². The predicted octanol–water partition coefficient (Wildman–Crippen LogP) is 2.64. The summed E-state index contributed by atoms with van der Waals surface area (Å²) in [6, 6.07) is 7.43. The molecule has 128 valence electrons. The van der Waals surface area contributed by atoms with Crippen LogP contribution >= 0.6 is 0 Å². The van der Waals surface area contributed by atoms with Gasteiger partial charge in [-0.1, -0.05) is 13.8 Å². The van der Waals surface area contributed by atoms with Crippen molar-refractivity contribution in [3.05, 3.63) is 47.9 Å². The molecule has 0 aliphatic heterocycles. The molecule has 0 atom stereocenters. The van der Waals surface area contributed by atoms with Crippen molar-refractivity contribution in [3.63, 3.8) is 0 Å². The third-order valence-electron chi connectivity index (χ3n) is 3.74. The van der Waals surface area contributed by atoms with Crippen LogP contribution in [-0.2, 0) is 6.42 Å². The third-order valence-corrected chi connectivity index (χ3v) is 3.74. The Morgan fingerprint density at radius 2 is 1.92 bits per heavy atom. The Hall–Kier alpha value is -2.50. The summed E-state index contributed by atoms with van der Waals surface area (Å²) in [6.07, 6.45) is 5.37. The largest absolute Gasteiger partial charge is 0.369 e. The van der Waals surface area contributed by atoms with E-state index >= 15 is 0 Å². The van der Waals surface area contributed by atoms with Crippen LogP contribution in [0.3, 0.4) is 0 Å². The number of likely N-dealkylation sites (N-methyl/N-ethyl adjacent to an activating group) is 1. The fourth-order valence-electron chi connectivity index (χ4n) is 2.17. The normalized spacial score (nSPS) is 10.7. The minimum Gasteiger partial charge on any atom is -0.369 e. The zero-order chi connectivity index (χ0) is 17.4. The Labute approximate surface area is 143 Å².